The SMILES string of the molecule is C=C1C(=CC=C2CCC[C@]3(C)[C@@H]([C@H](C)CC(C)(C)S(=O)(=O)c4ccccc4)CC[C@@H]23)C[C@@H](O)C[C@@H]1O. The smallest absolute Gasteiger partial charge is 0.183 e. The van der Waals surface area contributed by atoms with Crippen LogP contribution in [-0.2, 0) is 9.84 Å². The third-order valence-corrected chi connectivity index (χ3v) is 12.1. The van der Waals surface area contributed by atoms with Gasteiger partial charge in [0.05, 0.1) is 21.9 Å². The molecule has 1 aromatic rings. The highest BCUT2D eigenvalue weighted by molar-refractivity contribution is 7.92. The highest BCUT2D eigenvalue weighted by Crippen LogP contribution is 2.60. The second-order valence-electron chi connectivity index (χ2n) is 12.4. The molecule has 0 bridgehead atoms. The van der Waals surface area contributed by atoms with E-state index in [1.807, 2.05) is 19.9 Å². The van der Waals surface area contributed by atoms with Gasteiger partial charge in [0.25, 0.3) is 0 Å². The second-order valence-corrected chi connectivity index (χ2v) is 15.0. The number of sulfone groups is 1. The van der Waals surface area contributed by atoms with Crippen molar-refractivity contribution in [3.8, 4) is 0 Å². The molecule has 36 heavy (non-hydrogen) atoms. The van der Waals surface area contributed by atoms with Crippen LogP contribution in [0, 0.1) is 23.2 Å². The fraction of sp³-hybridized carbons (Fsp3) is 0.613. The largest absolute Gasteiger partial charge is 0.393 e. The second kappa shape index (κ2) is 10.2. The molecule has 4 nitrogen and oxygen atoms in total. The van der Waals surface area contributed by atoms with E-state index in [0.29, 0.717) is 41.9 Å². The van der Waals surface area contributed by atoms with Crippen LogP contribution in [0.4, 0.5) is 0 Å². The Morgan fingerprint density at radius 2 is 1.86 bits per heavy atom. The first-order chi connectivity index (χ1) is 16.9. The van der Waals surface area contributed by atoms with Gasteiger partial charge in [0.1, 0.15) is 0 Å². The zero-order valence-electron chi connectivity index (χ0n) is 22.4. The number of allylic oxidation sites excluding steroid dienone is 3. The number of hydrogen-bond donors (Lipinski definition) is 2. The summed E-state index contributed by atoms with van der Waals surface area (Å²) in [5, 5.41) is 20.3. The number of benzene rings is 1. The third-order valence-electron chi connectivity index (χ3n) is 9.58. The van der Waals surface area contributed by atoms with E-state index in [4.69, 9.17) is 0 Å². The van der Waals surface area contributed by atoms with Gasteiger partial charge in [-0.1, -0.05) is 56.4 Å². The molecule has 0 radical (unpaired) electrons. The molecule has 3 fully saturated rings. The van der Waals surface area contributed by atoms with Gasteiger partial charge in [0.2, 0.25) is 0 Å². The standard InChI is InChI=1S/C31H44O4S/c1-21(20-30(3,4)36(34,35)26-11-7-6-8-12-26)27-15-16-28-23(10-9-17-31(27,28)5)13-14-24-18-25(32)19-29(33)22(24)2/h6-8,11-14,21,25,27-29,32-33H,2,9-10,15-20H2,1,3-5H3/t21-,25-,27-,28+,29+,31-/m1/s1. The monoisotopic (exact) mass is 512 g/mol. The first kappa shape index (κ1) is 27.3. The molecule has 198 valence electrons. The van der Waals surface area contributed by atoms with Crippen molar-refractivity contribution in [1.82, 2.24) is 0 Å². The molecule has 3 aliphatic rings. The van der Waals surface area contributed by atoms with Crippen molar-refractivity contribution in [2.75, 3.05) is 0 Å². The van der Waals surface area contributed by atoms with Gasteiger partial charge in [-0.3, -0.25) is 0 Å². The zero-order chi connectivity index (χ0) is 26.3. The molecule has 0 aromatic heterocycles. The van der Waals surface area contributed by atoms with Crippen LogP contribution >= 0.6 is 0 Å². The van der Waals surface area contributed by atoms with E-state index in [-0.39, 0.29) is 5.41 Å². The molecule has 0 heterocycles. The van der Waals surface area contributed by atoms with Crippen molar-refractivity contribution in [2.24, 2.45) is 23.2 Å². The summed E-state index contributed by atoms with van der Waals surface area (Å²) >= 11 is 0. The van der Waals surface area contributed by atoms with E-state index in [1.165, 1.54) is 12.0 Å². The Balaban J connectivity index is 1.53. The van der Waals surface area contributed by atoms with E-state index < -0.39 is 26.8 Å². The summed E-state index contributed by atoms with van der Waals surface area (Å²) in [5.41, 5.74) is 3.31. The fourth-order valence-corrected chi connectivity index (χ4v) is 9.26. The summed E-state index contributed by atoms with van der Waals surface area (Å²) < 4.78 is 26.1. The maximum atomic E-state index is 13.5. The summed E-state index contributed by atoms with van der Waals surface area (Å²) in [7, 11) is -3.43. The molecular weight excluding hydrogens is 468 g/mol. The van der Waals surface area contributed by atoms with Crippen LogP contribution in [0.15, 0.2) is 70.7 Å². The van der Waals surface area contributed by atoms with Crippen LogP contribution < -0.4 is 0 Å². The summed E-state index contributed by atoms with van der Waals surface area (Å²) in [6.45, 7) is 12.5. The predicted octanol–water partition coefficient (Wildman–Crippen LogP) is 6.41. The lowest BCUT2D eigenvalue weighted by Crippen LogP contribution is -2.40. The minimum absolute atomic E-state index is 0.164. The van der Waals surface area contributed by atoms with E-state index in [1.54, 1.807) is 24.3 Å². The van der Waals surface area contributed by atoms with Gasteiger partial charge in [0, 0.05) is 6.42 Å². The van der Waals surface area contributed by atoms with Gasteiger partial charge in [-0.25, -0.2) is 8.42 Å². The highest BCUT2D eigenvalue weighted by Gasteiger charge is 2.52. The molecule has 3 aliphatic carbocycles. The van der Waals surface area contributed by atoms with Crippen LogP contribution in [0.1, 0.15) is 79.1 Å². The van der Waals surface area contributed by atoms with Gasteiger partial charge in [-0.2, -0.15) is 0 Å². The van der Waals surface area contributed by atoms with E-state index >= 15 is 0 Å². The molecule has 2 N–H and O–H groups in total. The van der Waals surface area contributed by atoms with Crippen molar-refractivity contribution in [3.63, 3.8) is 0 Å². The molecule has 0 saturated heterocycles. The molecule has 0 amide bonds. The van der Waals surface area contributed by atoms with Crippen LogP contribution in [0.2, 0.25) is 0 Å². The molecular formula is C31H44O4S. The van der Waals surface area contributed by atoms with Crippen LogP contribution in [-0.4, -0.2) is 35.6 Å². The quantitative estimate of drug-likeness (QED) is 0.462. The molecule has 4 rings (SSSR count). The molecule has 5 heteroatoms. The molecule has 3 saturated carbocycles. The van der Waals surface area contributed by atoms with Gasteiger partial charge in [-0.05, 0) is 105 Å². The van der Waals surface area contributed by atoms with Gasteiger partial charge in [0.15, 0.2) is 9.84 Å². The summed E-state index contributed by atoms with van der Waals surface area (Å²) in [5.74, 6) is 1.28. The lowest BCUT2D eigenvalue weighted by atomic mass is 9.60. The normalized spacial score (nSPS) is 34.7. The van der Waals surface area contributed by atoms with Gasteiger partial charge < -0.3 is 10.2 Å². The average Bonchev–Trinajstić information content (AvgIpc) is 3.18. The molecule has 6 atom stereocenters. The first-order valence-corrected chi connectivity index (χ1v) is 15.1. The van der Waals surface area contributed by atoms with Crippen molar-refractivity contribution >= 4 is 9.84 Å². The van der Waals surface area contributed by atoms with Crippen molar-refractivity contribution in [3.05, 3.63) is 65.8 Å². The number of fused-ring (bicyclic) bond motifs is 1. The number of aliphatic hydroxyl groups excluding tert-OH is 2. The highest BCUT2D eigenvalue weighted by atomic mass is 32.2. The Labute approximate surface area is 218 Å². The van der Waals surface area contributed by atoms with E-state index in [2.05, 4.69) is 32.6 Å². The summed E-state index contributed by atoms with van der Waals surface area (Å²) in [4.78, 5) is 0.410. The van der Waals surface area contributed by atoms with Crippen LogP contribution in [0.25, 0.3) is 0 Å². The Morgan fingerprint density at radius 1 is 1.17 bits per heavy atom. The van der Waals surface area contributed by atoms with Crippen LogP contribution in [0.3, 0.4) is 0 Å². The average molecular weight is 513 g/mol. The van der Waals surface area contributed by atoms with Crippen molar-refractivity contribution in [1.29, 1.82) is 0 Å². The summed E-state index contributed by atoms with van der Waals surface area (Å²) in [6.07, 6.45) is 10.4. The van der Waals surface area contributed by atoms with Crippen molar-refractivity contribution < 1.29 is 18.6 Å². The fourth-order valence-electron chi connectivity index (χ4n) is 7.63. The molecule has 1 aromatic carbocycles. The number of hydrogen-bond acceptors (Lipinski definition) is 4. The molecule has 0 aliphatic heterocycles. The first-order valence-electron chi connectivity index (χ1n) is 13.6. The third kappa shape index (κ3) is 5.04. The Morgan fingerprint density at radius 3 is 2.56 bits per heavy atom. The number of aliphatic hydroxyl groups is 2. The molecule has 0 unspecified atom stereocenters. The maximum absolute atomic E-state index is 13.5. The predicted molar refractivity (Wildman–Crippen MR) is 146 cm³/mol. The number of rotatable bonds is 6. The van der Waals surface area contributed by atoms with E-state index in [0.717, 1.165) is 36.8 Å². The topological polar surface area (TPSA) is 74.6 Å². The Hall–Kier alpha value is -1.69. The van der Waals surface area contributed by atoms with Crippen molar-refractivity contribution in [2.45, 2.75) is 101 Å². The Kier molecular flexibility index (Phi) is 7.77. The van der Waals surface area contributed by atoms with Gasteiger partial charge >= 0.3 is 0 Å². The summed E-state index contributed by atoms with van der Waals surface area (Å²) in [6, 6.07) is 8.86. The minimum atomic E-state index is -3.43. The van der Waals surface area contributed by atoms with Gasteiger partial charge in [-0.15, -0.1) is 0 Å². The van der Waals surface area contributed by atoms with E-state index in [9.17, 15) is 18.6 Å². The molecule has 0 spiro atoms. The lowest BCUT2D eigenvalue weighted by Gasteiger charge is -2.45. The Bertz CT molecular complexity index is 1130. The maximum Gasteiger partial charge on any atom is 0.183 e. The zero-order valence-corrected chi connectivity index (χ0v) is 23.2. The minimum Gasteiger partial charge on any atom is -0.393 e. The lowest BCUT2D eigenvalue weighted by molar-refractivity contribution is 0.0860. The van der Waals surface area contributed by atoms with Crippen LogP contribution in [0.5, 0.6) is 0 Å².